The molecule has 0 atom stereocenters. The summed E-state index contributed by atoms with van der Waals surface area (Å²) in [5.74, 6) is 0.786. The summed E-state index contributed by atoms with van der Waals surface area (Å²) >= 11 is 5.02. The van der Waals surface area contributed by atoms with E-state index in [2.05, 4.69) is 10.3 Å². The van der Waals surface area contributed by atoms with Crippen LogP contribution in [0.2, 0.25) is 0 Å². The van der Waals surface area contributed by atoms with Crippen molar-refractivity contribution in [3.05, 3.63) is 23.9 Å². The summed E-state index contributed by atoms with van der Waals surface area (Å²) in [7, 11) is 1.74. The first-order valence-electron chi connectivity index (χ1n) is 6.14. The largest absolute Gasteiger partial charge is 0.389 e. The molecule has 1 aliphatic rings. The molecule has 18 heavy (non-hydrogen) atoms. The molecule has 0 aliphatic heterocycles. The van der Waals surface area contributed by atoms with Crippen molar-refractivity contribution >= 4 is 23.0 Å². The maximum atomic E-state index is 5.68. The highest BCUT2D eigenvalue weighted by molar-refractivity contribution is 7.80. The van der Waals surface area contributed by atoms with Gasteiger partial charge in [-0.25, -0.2) is 4.98 Å². The van der Waals surface area contributed by atoms with Gasteiger partial charge in [-0.15, -0.1) is 0 Å². The van der Waals surface area contributed by atoms with Gasteiger partial charge in [0.15, 0.2) is 0 Å². The summed E-state index contributed by atoms with van der Waals surface area (Å²) in [6.45, 7) is 1.72. The number of anilines is 1. The number of methoxy groups -OCH3 is 1. The first kappa shape index (κ1) is 13.2. The van der Waals surface area contributed by atoms with E-state index in [9.17, 15) is 0 Å². The van der Waals surface area contributed by atoms with Crippen LogP contribution in [-0.2, 0) is 4.74 Å². The Morgan fingerprint density at radius 2 is 2.39 bits per heavy atom. The van der Waals surface area contributed by atoms with Crippen molar-refractivity contribution in [3.63, 3.8) is 0 Å². The number of pyridine rings is 1. The highest BCUT2D eigenvalue weighted by Gasteiger charge is 2.41. The lowest BCUT2D eigenvalue weighted by Gasteiger charge is -2.17. The Kier molecular flexibility index (Phi) is 4.14. The Morgan fingerprint density at radius 3 is 3.00 bits per heavy atom. The van der Waals surface area contributed by atoms with Crippen LogP contribution in [0.3, 0.4) is 0 Å². The van der Waals surface area contributed by atoms with E-state index < -0.39 is 0 Å². The third-order valence-corrected chi connectivity index (χ3v) is 3.72. The van der Waals surface area contributed by atoms with Gasteiger partial charge in [0.2, 0.25) is 0 Å². The van der Waals surface area contributed by atoms with Crippen LogP contribution in [0.1, 0.15) is 24.8 Å². The highest BCUT2D eigenvalue weighted by atomic mass is 32.1. The predicted molar refractivity (Wildman–Crippen MR) is 76.8 cm³/mol. The SMILES string of the molecule is COCCC1(CNc2ncccc2C(N)=S)CC1. The third kappa shape index (κ3) is 3.17. The van der Waals surface area contributed by atoms with Gasteiger partial charge in [-0.3, -0.25) is 0 Å². The topological polar surface area (TPSA) is 60.2 Å². The molecular weight excluding hydrogens is 246 g/mol. The van der Waals surface area contributed by atoms with E-state index in [1.165, 1.54) is 12.8 Å². The van der Waals surface area contributed by atoms with Crippen molar-refractivity contribution in [2.45, 2.75) is 19.3 Å². The number of thiocarbonyl (C=S) groups is 1. The Balaban J connectivity index is 1.96. The summed E-state index contributed by atoms with van der Waals surface area (Å²) < 4.78 is 5.15. The molecule has 4 nitrogen and oxygen atoms in total. The second-order valence-corrected chi connectivity index (χ2v) is 5.30. The fraction of sp³-hybridized carbons (Fsp3) is 0.538. The van der Waals surface area contributed by atoms with Crippen LogP contribution in [0.4, 0.5) is 5.82 Å². The molecule has 1 aromatic heterocycles. The van der Waals surface area contributed by atoms with E-state index in [0.29, 0.717) is 10.4 Å². The van der Waals surface area contributed by atoms with Gasteiger partial charge in [-0.1, -0.05) is 12.2 Å². The average molecular weight is 265 g/mol. The quantitative estimate of drug-likeness (QED) is 0.738. The van der Waals surface area contributed by atoms with Gasteiger partial charge >= 0.3 is 0 Å². The number of hydrogen-bond acceptors (Lipinski definition) is 4. The maximum absolute atomic E-state index is 5.68. The van der Waals surface area contributed by atoms with Gasteiger partial charge in [0, 0.05) is 26.5 Å². The fourth-order valence-electron chi connectivity index (χ4n) is 2.03. The number of aromatic nitrogens is 1. The Bertz CT molecular complexity index is 432. The van der Waals surface area contributed by atoms with E-state index in [-0.39, 0.29) is 0 Å². The standard InChI is InChI=1S/C13H19N3OS/c1-17-8-6-13(4-5-13)9-16-12-10(11(14)18)3-2-7-15-12/h2-3,7H,4-6,8-9H2,1H3,(H2,14,18)(H,15,16). The molecule has 0 amide bonds. The van der Waals surface area contributed by atoms with Gasteiger partial charge in [0.25, 0.3) is 0 Å². The van der Waals surface area contributed by atoms with Crippen LogP contribution in [0.5, 0.6) is 0 Å². The van der Waals surface area contributed by atoms with Gasteiger partial charge < -0.3 is 15.8 Å². The molecule has 1 saturated carbocycles. The second-order valence-electron chi connectivity index (χ2n) is 4.86. The number of ether oxygens (including phenoxy) is 1. The van der Waals surface area contributed by atoms with Gasteiger partial charge in [-0.2, -0.15) is 0 Å². The van der Waals surface area contributed by atoms with Gasteiger partial charge in [-0.05, 0) is 36.8 Å². The van der Waals surface area contributed by atoms with Crippen LogP contribution < -0.4 is 11.1 Å². The van der Waals surface area contributed by atoms with Gasteiger partial charge in [0.1, 0.15) is 10.8 Å². The molecule has 0 bridgehead atoms. The minimum Gasteiger partial charge on any atom is -0.389 e. The fourth-order valence-corrected chi connectivity index (χ4v) is 2.19. The minimum absolute atomic E-state index is 0.376. The smallest absolute Gasteiger partial charge is 0.136 e. The Labute approximate surface area is 113 Å². The lowest BCUT2D eigenvalue weighted by molar-refractivity contribution is 0.175. The number of nitrogens with one attached hydrogen (secondary N) is 1. The molecule has 1 heterocycles. The van der Waals surface area contributed by atoms with Crippen LogP contribution in [0.25, 0.3) is 0 Å². The van der Waals surface area contributed by atoms with Crippen molar-refractivity contribution in [2.75, 3.05) is 25.6 Å². The molecule has 1 fully saturated rings. The zero-order chi connectivity index (χ0) is 13.0. The first-order chi connectivity index (χ1) is 8.67. The van der Waals surface area contributed by atoms with Crippen LogP contribution in [0, 0.1) is 5.41 Å². The molecule has 98 valence electrons. The van der Waals surface area contributed by atoms with Crippen molar-refractivity contribution in [2.24, 2.45) is 11.1 Å². The minimum atomic E-state index is 0.376. The lowest BCUT2D eigenvalue weighted by Crippen LogP contribution is -2.20. The molecule has 0 radical (unpaired) electrons. The van der Waals surface area contributed by atoms with E-state index in [1.807, 2.05) is 12.1 Å². The van der Waals surface area contributed by atoms with Crippen molar-refractivity contribution in [3.8, 4) is 0 Å². The zero-order valence-corrected chi connectivity index (χ0v) is 11.4. The number of rotatable bonds is 7. The third-order valence-electron chi connectivity index (χ3n) is 3.50. The van der Waals surface area contributed by atoms with Crippen LogP contribution in [-0.4, -0.2) is 30.2 Å². The second kappa shape index (κ2) is 5.63. The molecular formula is C13H19N3OS. The maximum Gasteiger partial charge on any atom is 0.136 e. The van der Waals surface area contributed by atoms with E-state index in [4.69, 9.17) is 22.7 Å². The van der Waals surface area contributed by atoms with Crippen molar-refractivity contribution in [1.82, 2.24) is 4.98 Å². The summed E-state index contributed by atoms with van der Waals surface area (Å²) in [6, 6.07) is 3.74. The number of hydrogen-bond donors (Lipinski definition) is 2. The molecule has 1 aromatic rings. The zero-order valence-electron chi connectivity index (χ0n) is 10.6. The highest BCUT2D eigenvalue weighted by Crippen LogP contribution is 2.48. The molecule has 0 aromatic carbocycles. The summed E-state index contributed by atoms with van der Waals surface area (Å²) in [5.41, 5.74) is 6.87. The van der Waals surface area contributed by atoms with Crippen molar-refractivity contribution in [1.29, 1.82) is 0 Å². The molecule has 3 N–H and O–H groups in total. The molecule has 1 aliphatic carbocycles. The Hall–Kier alpha value is -1.20. The summed E-state index contributed by atoms with van der Waals surface area (Å²) in [6.07, 6.45) is 5.34. The molecule has 0 unspecified atom stereocenters. The molecule has 2 rings (SSSR count). The van der Waals surface area contributed by atoms with Crippen molar-refractivity contribution < 1.29 is 4.74 Å². The van der Waals surface area contributed by atoms with Gasteiger partial charge in [0.05, 0.1) is 5.56 Å². The normalized spacial score (nSPS) is 16.3. The number of nitrogens with two attached hydrogens (primary N) is 1. The summed E-state index contributed by atoms with van der Waals surface area (Å²) in [4.78, 5) is 4.68. The molecule has 0 saturated heterocycles. The predicted octanol–water partition coefficient (Wildman–Crippen LogP) is 1.94. The summed E-state index contributed by atoms with van der Waals surface area (Å²) in [5, 5.41) is 3.37. The van der Waals surface area contributed by atoms with E-state index in [0.717, 1.165) is 31.0 Å². The van der Waals surface area contributed by atoms with E-state index in [1.54, 1.807) is 13.3 Å². The molecule has 0 spiro atoms. The first-order valence-corrected chi connectivity index (χ1v) is 6.55. The molecule has 5 heteroatoms. The number of nitrogens with zero attached hydrogens (tertiary/aromatic N) is 1. The Morgan fingerprint density at radius 1 is 1.61 bits per heavy atom. The monoisotopic (exact) mass is 265 g/mol. The van der Waals surface area contributed by atoms with Crippen LogP contribution >= 0.6 is 12.2 Å². The average Bonchev–Trinajstić information content (AvgIpc) is 3.15. The van der Waals surface area contributed by atoms with Crippen LogP contribution in [0.15, 0.2) is 18.3 Å². The van der Waals surface area contributed by atoms with E-state index >= 15 is 0 Å². The lowest BCUT2D eigenvalue weighted by atomic mass is 10.0.